The predicted octanol–water partition coefficient (Wildman–Crippen LogP) is 3.01. The van der Waals surface area contributed by atoms with Gasteiger partial charge in [0.1, 0.15) is 0 Å². The average Bonchev–Trinajstić information content (AvgIpc) is 3.08. The van der Waals surface area contributed by atoms with E-state index in [9.17, 15) is 9.59 Å². The Morgan fingerprint density at radius 2 is 1.53 bits per heavy atom. The van der Waals surface area contributed by atoms with Gasteiger partial charge in [0.15, 0.2) is 6.04 Å². The van der Waals surface area contributed by atoms with E-state index in [0.717, 1.165) is 48.8 Å². The van der Waals surface area contributed by atoms with E-state index < -0.39 is 0 Å². The molecule has 0 radical (unpaired) electrons. The molecule has 4 nitrogen and oxygen atoms in total. The summed E-state index contributed by atoms with van der Waals surface area (Å²) in [6.45, 7) is 1.93. The summed E-state index contributed by atoms with van der Waals surface area (Å²) in [5.74, 6) is 0.561. The van der Waals surface area contributed by atoms with Crippen LogP contribution in [-0.4, -0.2) is 30.9 Å². The number of likely N-dealkylation sites (tertiary alicyclic amines) is 1. The second kappa shape index (κ2) is 8.04. The van der Waals surface area contributed by atoms with E-state index in [-0.39, 0.29) is 17.9 Å². The molecule has 5 rings (SSSR count). The maximum atomic E-state index is 13.3. The van der Waals surface area contributed by atoms with Crippen LogP contribution in [0, 0.1) is 5.92 Å². The molecule has 1 atom stereocenters. The van der Waals surface area contributed by atoms with E-state index >= 15 is 0 Å². The third-order valence-electron chi connectivity index (χ3n) is 6.76. The minimum Gasteiger partial charge on any atom is -0.324 e. The van der Waals surface area contributed by atoms with Gasteiger partial charge >= 0.3 is 0 Å². The van der Waals surface area contributed by atoms with E-state index in [1.807, 2.05) is 42.5 Å². The van der Waals surface area contributed by atoms with Gasteiger partial charge in [-0.15, -0.1) is 0 Å². The van der Waals surface area contributed by atoms with E-state index in [1.54, 1.807) is 0 Å². The van der Waals surface area contributed by atoms with Gasteiger partial charge in [0, 0.05) is 5.39 Å². The van der Waals surface area contributed by atoms with Crippen molar-refractivity contribution >= 4 is 28.3 Å². The minimum absolute atomic E-state index is 0.0344. The van der Waals surface area contributed by atoms with Crippen LogP contribution in [0.15, 0.2) is 72.8 Å². The van der Waals surface area contributed by atoms with Crippen LogP contribution in [0.4, 0.5) is 5.69 Å². The topological polar surface area (TPSA) is 41.8 Å². The van der Waals surface area contributed by atoms with Gasteiger partial charge in [-0.25, -0.2) is 4.90 Å². The zero-order valence-corrected chi connectivity index (χ0v) is 17.1. The predicted molar refractivity (Wildman–Crippen MR) is 118 cm³/mol. The SMILES string of the molecule is O=C1C[C@H]([NH+]2CCC(Cc3ccccc3)CC2)C(=O)N1c1cccc2ccccc12. The third kappa shape index (κ3) is 3.52. The number of anilines is 1. The zero-order valence-electron chi connectivity index (χ0n) is 17.1. The summed E-state index contributed by atoms with van der Waals surface area (Å²) in [6, 6.07) is 24.2. The highest BCUT2D eigenvalue weighted by Crippen LogP contribution is 2.30. The van der Waals surface area contributed by atoms with Gasteiger partial charge in [-0.1, -0.05) is 66.7 Å². The molecule has 2 amide bonds. The van der Waals surface area contributed by atoms with Crippen LogP contribution in [-0.2, 0) is 16.0 Å². The minimum atomic E-state index is -0.242. The Hall–Kier alpha value is -2.98. The van der Waals surface area contributed by atoms with Gasteiger partial charge in [-0.3, -0.25) is 9.59 Å². The van der Waals surface area contributed by atoms with Gasteiger partial charge in [-0.05, 0) is 42.2 Å². The fraction of sp³-hybridized carbons (Fsp3) is 0.308. The fourth-order valence-corrected chi connectivity index (χ4v) is 5.16. The van der Waals surface area contributed by atoms with E-state index in [0.29, 0.717) is 12.3 Å². The summed E-state index contributed by atoms with van der Waals surface area (Å²) in [5, 5.41) is 2.01. The third-order valence-corrected chi connectivity index (χ3v) is 6.76. The lowest BCUT2D eigenvalue weighted by molar-refractivity contribution is -0.920. The Kier molecular flexibility index (Phi) is 5.09. The number of quaternary nitrogens is 1. The van der Waals surface area contributed by atoms with Crippen molar-refractivity contribution in [2.75, 3.05) is 18.0 Å². The molecule has 30 heavy (non-hydrogen) atoms. The summed E-state index contributed by atoms with van der Waals surface area (Å²) >= 11 is 0. The molecule has 0 saturated carbocycles. The quantitative estimate of drug-likeness (QED) is 0.686. The number of nitrogens with one attached hydrogen (secondary N) is 1. The monoisotopic (exact) mass is 399 g/mol. The summed E-state index contributed by atoms with van der Waals surface area (Å²) in [6.07, 6.45) is 3.64. The Balaban J connectivity index is 1.29. The van der Waals surface area contributed by atoms with Gasteiger partial charge in [0.25, 0.3) is 5.91 Å². The van der Waals surface area contributed by atoms with Crippen molar-refractivity contribution in [2.24, 2.45) is 5.92 Å². The molecule has 3 aromatic carbocycles. The van der Waals surface area contributed by atoms with Crippen LogP contribution in [0.2, 0.25) is 0 Å². The normalized spacial score (nSPS) is 24.5. The number of hydrogen-bond donors (Lipinski definition) is 1. The van der Waals surface area contributed by atoms with Gasteiger partial charge < -0.3 is 4.90 Å². The van der Waals surface area contributed by atoms with Crippen molar-refractivity contribution in [3.8, 4) is 0 Å². The molecule has 2 heterocycles. The molecule has 1 N–H and O–H groups in total. The van der Waals surface area contributed by atoms with Crippen molar-refractivity contribution in [1.82, 2.24) is 0 Å². The first kappa shape index (κ1) is 19.0. The number of hydrogen-bond acceptors (Lipinski definition) is 2. The van der Waals surface area contributed by atoms with Crippen molar-refractivity contribution < 1.29 is 14.5 Å². The van der Waals surface area contributed by atoms with E-state index in [2.05, 4.69) is 30.3 Å². The number of nitrogens with zero attached hydrogens (tertiary/aromatic N) is 1. The first-order valence-corrected chi connectivity index (χ1v) is 10.9. The molecule has 2 aliphatic rings. The second-order valence-corrected chi connectivity index (χ2v) is 8.61. The molecule has 3 aromatic rings. The largest absolute Gasteiger partial charge is 0.324 e. The Morgan fingerprint density at radius 3 is 2.33 bits per heavy atom. The lowest BCUT2D eigenvalue weighted by Gasteiger charge is -2.32. The van der Waals surface area contributed by atoms with Crippen LogP contribution < -0.4 is 9.80 Å². The van der Waals surface area contributed by atoms with Gasteiger partial charge in [0.05, 0.1) is 25.2 Å². The molecule has 0 bridgehead atoms. The molecule has 0 aromatic heterocycles. The van der Waals surface area contributed by atoms with Crippen LogP contribution in [0.25, 0.3) is 10.8 Å². The number of carbonyl (C=O) groups excluding carboxylic acids is 2. The van der Waals surface area contributed by atoms with Crippen LogP contribution in [0.5, 0.6) is 0 Å². The maximum Gasteiger partial charge on any atom is 0.292 e. The number of benzene rings is 3. The standard InChI is InChI=1S/C26H26N2O2/c29-25-18-24(27-15-13-20(14-16-27)17-19-7-2-1-3-8-19)26(30)28(25)23-12-6-10-21-9-4-5-11-22(21)23/h1-12,20,24H,13-18H2/p+1/t24-/m0/s1. The molecular formula is C26H27N2O2+. The molecular weight excluding hydrogens is 372 g/mol. The fourth-order valence-electron chi connectivity index (χ4n) is 5.16. The molecule has 2 aliphatic heterocycles. The van der Waals surface area contributed by atoms with E-state index in [4.69, 9.17) is 0 Å². The summed E-state index contributed by atoms with van der Waals surface area (Å²) in [5.41, 5.74) is 2.11. The number of imide groups is 1. The van der Waals surface area contributed by atoms with Crippen molar-refractivity contribution in [1.29, 1.82) is 0 Å². The van der Waals surface area contributed by atoms with Crippen LogP contribution in [0.3, 0.4) is 0 Å². The second-order valence-electron chi connectivity index (χ2n) is 8.61. The van der Waals surface area contributed by atoms with E-state index in [1.165, 1.54) is 15.4 Å². The summed E-state index contributed by atoms with van der Waals surface area (Å²) in [7, 11) is 0. The molecule has 152 valence electrons. The Morgan fingerprint density at radius 1 is 0.833 bits per heavy atom. The first-order valence-electron chi connectivity index (χ1n) is 10.9. The first-order chi connectivity index (χ1) is 14.7. The number of amides is 2. The van der Waals surface area contributed by atoms with Gasteiger partial charge in [0.2, 0.25) is 5.91 Å². The summed E-state index contributed by atoms with van der Waals surface area (Å²) < 4.78 is 0. The van der Waals surface area contributed by atoms with Crippen molar-refractivity contribution in [3.05, 3.63) is 78.4 Å². The molecule has 2 saturated heterocycles. The Bertz CT molecular complexity index is 1070. The lowest BCUT2D eigenvalue weighted by atomic mass is 9.89. The van der Waals surface area contributed by atoms with Gasteiger partial charge in [-0.2, -0.15) is 0 Å². The number of piperidine rings is 1. The summed E-state index contributed by atoms with van der Waals surface area (Å²) in [4.78, 5) is 28.9. The average molecular weight is 400 g/mol. The highest BCUT2D eigenvalue weighted by atomic mass is 16.2. The van der Waals surface area contributed by atoms with Crippen molar-refractivity contribution in [2.45, 2.75) is 31.7 Å². The smallest absolute Gasteiger partial charge is 0.292 e. The maximum absolute atomic E-state index is 13.3. The molecule has 0 spiro atoms. The lowest BCUT2D eigenvalue weighted by Crippen LogP contribution is -3.17. The Labute approximate surface area is 177 Å². The zero-order chi connectivity index (χ0) is 20.5. The van der Waals surface area contributed by atoms with Crippen molar-refractivity contribution in [3.63, 3.8) is 0 Å². The number of rotatable bonds is 4. The van der Waals surface area contributed by atoms with Crippen LogP contribution >= 0.6 is 0 Å². The molecule has 0 unspecified atom stereocenters. The number of carbonyl (C=O) groups is 2. The highest BCUT2D eigenvalue weighted by Gasteiger charge is 2.46. The molecule has 2 fully saturated rings. The number of fused-ring (bicyclic) bond motifs is 1. The van der Waals surface area contributed by atoms with Crippen LogP contribution in [0.1, 0.15) is 24.8 Å². The highest BCUT2D eigenvalue weighted by molar-refractivity contribution is 6.24. The molecule has 4 heteroatoms. The molecule has 0 aliphatic carbocycles.